The number of nitrogens with two attached hydrogens (primary N) is 1. The second-order valence-corrected chi connectivity index (χ2v) is 9.65. The molecule has 208 valence electrons. The van der Waals surface area contributed by atoms with Crippen LogP contribution in [0.1, 0.15) is 69.7 Å². The van der Waals surface area contributed by atoms with Crippen molar-refractivity contribution in [1.29, 1.82) is 0 Å². The second kappa shape index (κ2) is 14.6. The first kappa shape index (κ1) is 32.0. The molecule has 11 heteroatoms. The van der Waals surface area contributed by atoms with Crippen molar-refractivity contribution in [2.75, 3.05) is 13.2 Å². The van der Waals surface area contributed by atoms with Gasteiger partial charge in [-0.2, -0.15) is 0 Å². The molecule has 0 aliphatic carbocycles. The molecule has 11 nitrogen and oxygen atoms in total. The maximum Gasteiger partial charge on any atom is 0.408 e. The number of nitrogens with zero attached hydrogens (tertiary/aromatic N) is 1. The summed E-state index contributed by atoms with van der Waals surface area (Å²) in [7, 11) is 0. The molecule has 0 aliphatic heterocycles. The second-order valence-electron chi connectivity index (χ2n) is 9.65. The Balaban J connectivity index is 3.39. The zero-order chi connectivity index (χ0) is 29.0. The number of benzene rings is 1. The quantitative estimate of drug-likeness (QED) is 0.212. The monoisotopic (exact) mass is 530 g/mol. The highest BCUT2D eigenvalue weighted by molar-refractivity contribution is 5.94. The lowest BCUT2D eigenvalue weighted by atomic mass is 9.96. The normalized spacial score (nSPS) is 12.3. The van der Waals surface area contributed by atoms with Gasteiger partial charge in [-0.25, -0.2) is 4.79 Å². The Kier molecular flexibility index (Phi) is 12.3. The highest BCUT2D eigenvalue weighted by atomic mass is 16.6. The van der Waals surface area contributed by atoms with Gasteiger partial charge in [0.2, 0.25) is 11.8 Å². The lowest BCUT2D eigenvalue weighted by molar-refractivity contribution is -0.143. The van der Waals surface area contributed by atoms with E-state index in [4.69, 9.17) is 21.6 Å². The Labute approximate surface area is 223 Å². The largest absolute Gasteiger partial charge is 0.466 e. The van der Waals surface area contributed by atoms with Gasteiger partial charge in [0.25, 0.3) is 5.91 Å². The molecule has 0 saturated heterocycles. The van der Waals surface area contributed by atoms with Gasteiger partial charge < -0.3 is 25.8 Å². The number of aryl methyl sites for hydroxylation is 2. The molecule has 0 saturated carbocycles. The number of hydrogen-bond acceptors (Lipinski definition) is 7. The number of primary amides is 1. The van der Waals surface area contributed by atoms with Crippen LogP contribution in [0.3, 0.4) is 0 Å². The van der Waals surface area contributed by atoms with Crippen LogP contribution in [0.2, 0.25) is 0 Å². The smallest absolute Gasteiger partial charge is 0.408 e. The third kappa shape index (κ3) is 10.5. The summed E-state index contributed by atoms with van der Waals surface area (Å²) in [5.41, 5.74) is 6.37. The predicted molar refractivity (Wildman–Crippen MR) is 140 cm³/mol. The highest BCUT2D eigenvalue weighted by Crippen LogP contribution is 2.26. The van der Waals surface area contributed by atoms with Gasteiger partial charge >= 0.3 is 12.1 Å². The third-order valence-corrected chi connectivity index (χ3v) is 5.21. The van der Waals surface area contributed by atoms with Crippen molar-refractivity contribution in [1.82, 2.24) is 15.5 Å². The number of alkyl carbamates (subject to hydrolysis) is 1. The number of esters is 1. The molecule has 38 heavy (non-hydrogen) atoms. The van der Waals surface area contributed by atoms with Crippen LogP contribution >= 0.6 is 0 Å². The molecule has 0 radical (unpaired) electrons. The van der Waals surface area contributed by atoms with Crippen molar-refractivity contribution in [2.24, 2.45) is 5.73 Å². The topological polar surface area (TPSA) is 157 Å². The molecule has 0 heterocycles. The molecule has 2 atom stereocenters. The lowest BCUT2D eigenvalue weighted by Crippen LogP contribution is -2.52. The van der Waals surface area contributed by atoms with Crippen molar-refractivity contribution in [3.8, 4) is 12.5 Å². The molecule has 1 aromatic rings. The molecular formula is C27H38N4O7. The highest BCUT2D eigenvalue weighted by Gasteiger charge is 2.36. The minimum Gasteiger partial charge on any atom is -0.466 e. The first-order chi connectivity index (χ1) is 17.7. The molecule has 0 aliphatic rings. The Bertz CT molecular complexity index is 1070. The molecule has 0 spiro atoms. The Morgan fingerprint density at radius 3 is 2.34 bits per heavy atom. The fraction of sp³-hybridized carbons (Fsp3) is 0.519. The van der Waals surface area contributed by atoms with Crippen molar-refractivity contribution in [3.63, 3.8) is 0 Å². The number of nitrogens with one attached hydrogen (secondary N) is 2. The van der Waals surface area contributed by atoms with Crippen LogP contribution in [0.25, 0.3) is 0 Å². The first-order valence-electron chi connectivity index (χ1n) is 12.3. The molecule has 1 aromatic carbocycles. The number of rotatable bonds is 12. The summed E-state index contributed by atoms with van der Waals surface area (Å²) in [6.07, 6.45) is 4.36. The molecule has 4 N–H and O–H groups in total. The summed E-state index contributed by atoms with van der Waals surface area (Å²) in [6.45, 7) is 10.4. The van der Waals surface area contributed by atoms with E-state index in [2.05, 4.69) is 16.7 Å². The van der Waals surface area contributed by atoms with Crippen LogP contribution in [0, 0.1) is 26.3 Å². The first-order valence-corrected chi connectivity index (χ1v) is 12.3. The SMILES string of the molecule is C#CN(C(=O)C(CCC(N)=O)NC(=O)OC(C)(C)C)C(C(=O)NCCC(=O)OCC)c1cc(C)ccc1C. The van der Waals surface area contributed by atoms with E-state index in [1.807, 2.05) is 13.0 Å². The molecule has 2 unspecified atom stereocenters. The molecule has 0 bridgehead atoms. The third-order valence-electron chi connectivity index (χ3n) is 5.21. The van der Waals surface area contributed by atoms with E-state index < -0.39 is 47.5 Å². The van der Waals surface area contributed by atoms with Crippen LogP contribution in [-0.4, -0.2) is 59.5 Å². The zero-order valence-corrected chi connectivity index (χ0v) is 22.9. The summed E-state index contributed by atoms with van der Waals surface area (Å²) in [5, 5.41) is 5.07. The molecule has 0 fully saturated rings. The fourth-order valence-corrected chi connectivity index (χ4v) is 3.50. The van der Waals surface area contributed by atoms with Crippen molar-refractivity contribution in [2.45, 2.75) is 78.5 Å². The Morgan fingerprint density at radius 1 is 1.13 bits per heavy atom. The summed E-state index contributed by atoms with van der Waals surface area (Å²) < 4.78 is 10.1. The number of amides is 4. The standard InChI is InChI=1S/C27H38N4O7/c1-8-31(25(35)20(12-13-21(28)32)30-26(36)38-27(5,6)7)23(19-16-17(3)10-11-18(19)4)24(34)29-15-14-22(33)37-9-2/h1,10-11,16,20,23H,9,12-15H2,2-7H3,(H2,28,32)(H,29,34)(H,30,36). The van der Waals surface area contributed by atoms with E-state index in [0.717, 1.165) is 10.5 Å². The summed E-state index contributed by atoms with van der Waals surface area (Å²) >= 11 is 0. The molecule has 0 aromatic heterocycles. The van der Waals surface area contributed by atoms with Gasteiger partial charge in [-0.1, -0.05) is 30.2 Å². The minimum atomic E-state index is -1.31. The van der Waals surface area contributed by atoms with Crippen molar-refractivity contribution in [3.05, 3.63) is 34.9 Å². The average Bonchev–Trinajstić information content (AvgIpc) is 2.80. The van der Waals surface area contributed by atoms with Crippen LogP contribution in [-0.2, 0) is 28.7 Å². The number of ether oxygens (including phenoxy) is 2. The lowest BCUT2D eigenvalue weighted by Gasteiger charge is -2.31. The van der Waals surface area contributed by atoms with Gasteiger partial charge in [-0.3, -0.25) is 24.1 Å². The van der Waals surface area contributed by atoms with Crippen LogP contribution in [0.5, 0.6) is 0 Å². The minimum absolute atomic E-state index is 0.0487. The van der Waals surface area contributed by atoms with Gasteiger partial charge in [0.15, 0.2) is 0 Å². The maximum absolute atomic E-state index is 13.7. The van der Waals surface area contributed by atoms with Crippen LogP contribution in [0.15, 0.2) is 18.2 Å². The molecule has 4 amide bonds. The summed E-state index contributed by atoms with van der Waals surface area (Å²) in [5.74, 6) is -2.64. The zero-order valence-electron chi connectivity index (χ0n) is 22.9. The van der Waals surface area contributed by atoms with Crippen LogP contribution < -0.4 is 16.4 Å². The van der Waals surface area contributed by atoms with Gasteiger partial charge in [-0.05, 0) is 59.1 Å². The van der Waals surface area contributed by atoms with E-state index in [1.54, 1.807) is 46.8 Å². The fourth-order valence-electron chi connectivity index (χ4n) is 3.50. The molecular weight excluding hydrogens is 492 g/mol. The molecule has 1 rings (SSSR count). The number of hydrogen-bond donors (Lipinski definition) is 3. The predicted octanol–water partition coefficient (Wildman–Crippen LogP) is 1.99. The number of terminal acetylenes is 1. The van der Waals surface area contributed by atoms with Crippen molar-refractivity contribution >= 4 is 29.8 Å². The number of carbonyl (C=O) groups excluding carboxylic acids is 5. The van der Waals surface area contributed by atoms with Crippen LogP contribution in [0.4, 0.5) is 4.79 Å². The van der Waals surface area contributed by atoms with E-state index in [1.165, 1.54) is 0 Å². The number of carbonyl (C=O) groups is 5. The van der Waals surface area contributed by atoms with Gasteiger partial charge in [-0.15, -0.1) is 0 Å². The van der Waals surface area contributed by atoms with Gasteiger partial charge in [0.1, 0.15) is 17.7 Å². The average molecular weight is 531 g/mol. The van der Waals surface area contributed by atoms with Gasteiger partial charge in [0, 0.05) is 19.0 Å². The van der Waals surface area contributed by atoms with E-state index in [0.29, 0.717) is 11.1 Å². The maximum atomic E-state index is 13.7. The van der Waals surface area contributed by atoms with Crippen molar-refractivity contribution < 1.29 is 33.4 Å². The Morgan fingerprint density at radius 2 is 1.79 bits per heavy atom. The summed E-state index contributed by atoms with van der Waals surface area (Å²) in [6, 6.07) is 5.00. The Hall–Kier alpha value is -4.07. The van der Waals surface area contributed by atoms with E-state index in [-0.39, 0.29) is 32.4 Å². The van der Waals surface area contributed by atoms with E-state index >= 15 is 0 Å². The summed E-state index contributed by atoms with van der Waals surface area (Å²) in [4.78, 5) is 63.6. The van der Waals surface area contributed by atoms with Gasteiger partial charge in [0.05, 0.1) is 13.0 Å². The van der Waals surface area contributed by atoms with E-state index in [9.17, 15) is 24.0 Å².